The zero-order valence-electron chi connectivity index (χ0n) is 11.0. The summed E-state index contributed by atoms with van der Waals surface area (Å²) in [5.74, 6) is 0.801. The third-order valence-corrected chi connectivity index (χ3v) is 3.72. The van der Waals surface area contributed by atoms with E-state index in [1.165, 1.54) is 0 Å². The van der Waals surface area contributed by atoms with E-state index in [9.17, 15) is 4.79 Å². The molecular formula is C10H19N7OS. The molecule has 0 unspecified atom stereocenters. The van der Waals surface area contributed by atoms with Crippen LogP contribution >= 0.6 is 11.8 Å². The van der Waals surface area contributed by atoms with E-state index >= 15 is 0 Å². The van der Waals surface area contributed by atoms with Gasteiger partial charge in [-0.05, 0) is 17.0 Å². The minimum Gasteiger partial charge on any atom is -0.336 e. The van der Waals surface area contributed by atoms with Gasteiger partial charge in [-0.3, -0.25) is 0 Å². The lowest BCUT2D eigenvalue weighted by Crippen LogP contribution is -2.30. The average molecular weight is 285 g/mol. The highest BCUT2D eigenvalue weighted by atomic mass is 32.2. The minimum atomic E-state index is 0.0207. The second-order valence-electron chi connectivity index (χ2n) is 4.11. The molecule has 1 aliphatic heterocycles. The van der Waals surface area contributed by atoms with Crippen molar-refractivity contribution in [2.75, 3.05) is 38.5 Å². The number of carbonyl (C=O) groups is 1. The van der Waals surface area contributed by atoms with Crippen molar-refractivity contribution in [3.05, 3.63) is 0 Å². The molecule has 0 bridgehead atoms. The van der Waals surface area contributed by atoms with E-state index in [0.717, 1.165) is 50.2 Å². The molecule has 0 spiro atoms. The molecule has 1 aromatic rings. The van der Waals surface area contributed by atoms with Crippen molar-refractivity contribution in [2.45, 2.75) is 18.6 Å². The van der Waals surface area contributed by atoms with E-state index < -0.39 is 0 Å². The van der Waals surface area contributed by atoms with Gasteiger partial charge in [0.05, 0.1) is 6.54 Å². The molecule has 106 valence electrons. The van der Waals surface area contributed by atoms with Crippen LogP contribution in [-0.4, -0.2) is 69.6 Å². The molecule has 0 radical (unpaired) electrons. The molecule has 1 saturated heterocycles. The van der Waals surface area contributed by atoms with Gasteiger partial charge < -0.3 is 15.5 Å². The standard InChI is InChI=1S/C10H19N7OS/c1-2-11-3-6-17-10(13-14-15-17)19-8-7-16-5-4-12-9(16)18/h11H,2-8H2,1H3,(H,12,18). The summed E-state index contributed by atoms with van der Waals surface area (Å²) in [6.45, 7) is 6.85. The fraction of sp³-hybridized carbons (Fsp3) is 0.800. The van der Waals surface area contributed by atoms with Gasteiger partial charge in [0.1, 0.15) is 0 Å². The Bertz CT molecular complexity index is 410. The number of tetrazole rings is 1. The number of aromatic nitrogens is 4. The van der Waals surface area contributed by atoms with Crippen LogP contribution < -0.4 is 10.6 Å². The van der Waals surface area contributed by atoms with Gasteiger partial charge in [-0.1, -0.05) is 18.7 Å². The van der Waals surface area contributed by atoms with E-state index in [4.69, 9.17) is 0 Å². The lowest BCUT2D eigenvalue weighted by molar-refractivity contribution is 0.220. The molecule has 19 heavy (non-hydrogen) atoms. The van der Waals surface area contributed by atoms with Crippen molar-refractivity contribution in [2.24, 2.45) is 0 Å². The van der Waals surface area contributed by atoms with Crippen LogP contribution in [0.2, 0.25) is 0 Å². The third kappa shape index (κ3) is 4.06. The second-order valence-corrected chi connectivity index (χ2v) is 5.17. The monoisotopic (exact) mass is 285 g/mol. The van der Waals surface area contributed by atoms with E-state index in [1.54, 1.807) is 21.3 Å². The Balaban J connectivity index is 1.73. The van der Waals surface area contributed by atoms with Crippen LogP contribution in [0.15, 0.2) is 5.16 Å². The van der Waals surface area contributed by atoms with Crippen molar-refractivity contribution in [3.8, 4) is 0 Å². The van der Waals surface area contributed by atoms with Crippen LogP contribution in [0.3, 0.4) is 0 Å². The Morgan fingerprint density at radius 1 is 1.47 bits per heavy atom. The Kier molecular flexibility index (Phi) is 5.40. The van der Waals surface area contributed by atoms with Crippen molar-refractivity contribution in [1.82, 2.24) is 35.7 Å². The van der Waals surface area contributed by atoms with Gasteiger partial charge in [0.25, 0.3) is 0 Å². The molecule has 1 fully saturated rings. The molecule has 2 heterocycles. The Morgan fingerprint density at radius 2 is 2.37 bits per heavy atom. The number of likely N-dealkylation sites (N-methyl/N-ethyl adjacent to an activating group) is 1. The predicted molar refractivity (Wildman–Crippen MR) is 72.1 cm³/mol. The first-order chi connectivity index (χ1) is 9.31. The average Bonchev–Trinajstić information content (AvgIpc) is 3.00. The zero-order chi connectivity index (χ0) is 13.5. The maximum Gasteiger partial charge on any atom is 0.317 e. The summed E-state index contributed by atoms with van der Waals surface area (Å²) in [5, 5.41) is 18.5. The summed E-state index contributed by atoms with van der Waals surface area (Å²) >= 11 is 1.58. The Morgan fingerprint density at radius 3 is 3.11 bits per heavy atom. The maximum absolute atomic E-state index is 11.4. The lowest BCUT2D eigenvalue weighted by atomic mass is 10.6. The number of hydrogen-bond donors (Lipinski definition) is 2. The van der Waals surface area contributed by atoms with Gasteiger partial charge in [0, 0.05) is 31.9 Å². The predicted octanol–water partition coefficient (Wildman–Crippen LogP) is -0.600. The number of rotatable bonds is 8. The van der Waals surface area contributed by atoms with Gasteiger partial charge >= 0.3 is 6.03 Å². The maximum atomic E-state index is 11.4. The SMILES string of the molecule is CCNCCn1nnnc1SCCN1CCNC1=O. The molecule has 0 aliphatic carbocycles. The first-order valence-electron chi connectivity index (χ1n) is 6.43. The minimum absolute atomic E-state index is 0.0207. The summed E-state index contributed by atoms with van der Waals surface area (Å²) in [6, 6.07) is 0.0207. The number of thioether (sulfide) groups is 1. The summed E-state index contributed by atoms with van der Waals surface area (Å²) in [4.78, 5) is 13.2. The van der Waals surface area contributed by atoms with Gasteiger partial charge in [-0.2, -0.15) is 0 Å². The third-order valence-electron chi connectivity index (χ3n) is 2.79. The normalized spacial score (nSPS) is 15.0. The molecule has 0 saturated carbocycles. The molecule has 2 amide bonds. The van der Waals surface area contributed by atoms with Gasteiger partial charge in [-0.15, -0.1) is 5.10 Å². The number of nitrogens with zero attached hydrogens (tertiary/aromatic N) is 5. The van der Waals surface area contributed by atoms with Crippen LogP contribution in [-0.2, 0) is 6.54 Å². The van der Waals surface area contributed by atoms with Crippen LogP contribution in [0.25, 0.3) is 0 Å². The van der Waals surface area contributed by atoms with E-state index in [-0.39, 0.29) is 6.03 Å². The van der Waals surface area contributed by atoms with Crippen LogP contribution in [0, 0.1) is 0 Å². The number of urea groups is 1. The van der Waals surface area contributed by atoms with Gasteiger partial charge in [-0.25, -0.2) is 9.48 Å². The van der Waals surface area contributed by atoms with Crippen LogP contribution in [0.5, 0.6) is 0 Å². The summed E-state index contributed by atoms with van der Waals surface area (Å²) in [7, 11) is 0. The van der Waals surface area contributed by atoms with E-state index in [0.29, 0.717) is 0 Å². The molecule has 2 N–H and O–H groups in total. The first-order valence-corrected chi connectivity index (χ1v) is 7.42. The first kappa shape index (κ1) is 14.1. The molecular weight excluding hydrogens is 266 g/mol. The zero-order valence-corrected chi connectivity index (χ0v) is 11.8. The fourth-order valence-electron chi connectivity index (χ4n) is 1.77. The van der Waals surface area contributed by atoms with E-state index in [2.05, 4.69) is 33.1 Å². The number of hydrogen-bond acceptors (Lipinski definition) is 6. The second kappa shape index (κ2) is 7.29. The van der Waals surface area contributed by atoms with Crippen molar-refractivity contribution in [3.63, 3.8) is 0 Å². The quantitative estimate of drug-likeness (QED) is 0.490. The Labute approximate surface area is 116 Å². The number of amides is 2. The highest BCUT2D eigenvalue weighted by molar-refractivity contribution is 7.99. The Hall–Kier alpha value is -1.35. The topological polar surface area (TPSA) is 88.0 Å². The smallest absolute Gasteiger partial charge is 0.317 e. The summed E-state index contributed by atoms with van der Waals surface area (Å²) in [5.41, 5.74) is 0. The number of carbonyl (C=O) groups excluding carboxylic acids is 1. The van der Waals surface area contributed by atoms with Crippen molar-refractivity contribution >= 4 is 17.8 Å². The molecule has 8 nitrogen and oxygen atoms in total. The van der Waals surface area contributed by atoms with Gasteiger partial charge in [0.15, 0.2) is 0 Å². The van der Waals surface area contributed by atoms with Crippen molar-refractivity contribution in [1.29, 1.82) is 0 Å². The largest absolute Gasteiger partial charge is 0.336 e. The van der Waals surface area contributed by atoms with Crippen LogP contribution in [0.1, 0.15) is 6.92 Å². The molecule has 9 heteroatoms. The molecule has 0 aromatic carbocycles. The molecule has 1 aliphatic rings. The highest BCUT2D eigenvalue weighted by Crippen LogP contribution is 2.13. The van der Waals surface area contributed by atoms with Gasteiger partial charge in [0.2, 0.25) is 5.16 Å². The van der Waals surface area contributed by atoms with E-state index in [1.807, 2.05) is 0 Å². The fourth-order valence-corrected chi connectivity index (χ4v) is 2.64. The van der Waals surface area contributed by atoms with Crippen molar-refractivity contribution < 1.29 is 4.79 Å². The van der Waals surface area contributed by atoms with Crippen LogP contribution in [0.4, 0.5) is 4.79 Å². The molecule has 0 atom stereocenters. The summed E-state index contributed by atoms with van der Waals surface area (Å²) in [6.07, 6.45) is 0. The lowest BCUT2D eigenvalue weighted by Gasteiger charge is -2.12. The number of nitrogens with one attached hydrogen (secondary N) is 2. The molecule has 2 rings (SSSR count). The highest BCUT2D eigenvalue weighted by Gasteiger charge is 2.19. The molecule has 1 aromatic heterocycles. The summed E-state index contributed by atoms with van der Waals surface area (Å²) < 4.78 is 1.79.